The SMILES string of the molecule is CCc1ccccc1N(Cc1cccc(C(=O)O)c1)C(=O)C1CC1. The van der Waals surface area contributed by atoms with E-state index in [1.54, 1.807) is 18.2 Å². The predicted molar refractivity (Wildman–Crippen MR) is 93.1 cm³/mol. The van der Waals surface area contributed by atoms with Gasteiger partial charge < -0.3 is 10.0 Å². The third-order valence-electron chi connectivity index (χ3n) is 4.37. The van der Waals surface area contributed by atoms with Crippen LogP contribution in [0.3, 0.4) is 0 Å². The molecule has 1 N–H and O–H groups in total. The molecule has 0 unspecified atom stereocenters. The van der Waals surface area contributed by atoms with Crippen LogP contribution in [0.4, 0.5) is 5.69 Å². The van der Waals surface area contributed by atoms with Gasteiger partial charge in [0.25, 0.3) is 0 Å². The van der Waals surface area contributed by atoms with Crippen LogP contribution in [0.1, 0.15) is 41.3 Å². The summed E-state index contributed by atoms with van der Waals surface area (Å²) in [5, 5.41) is 9.17. The molecule has 4 nitrogen and oxygen atoms in total. The Bertz CT molecular complexity index is 765. The Morgan fingerprint density at radius 1 is 1.12 bits per heavy atom. The minimum atomic E-state index is -0.953. The lowest BCUT2D eigenvalue weighted by Crippen LogP contribution is -2.32. The number of aromatic carboxylic acids is 1. The molecule has 1 saturated carbocycles. The molecule has 0 aromatic heterocycles. The smallest absolute Gasteiger partial charge is 0.335 e. The minimum Gasteiger partial charge on any atom is -0.478 e. The number of hydrogen-bond acceptors (Lipinski definition) is 2. The number of aryl methyl sites for hydroxylation is 1. The number of para-hydroxylation sites is 1. The van der Waals surface area contributed by atoms with Gasteiger partial charge in [0.1, 0.15) is 0 Å². The fourth-order valence-electron chi connectivity index (χ4n) is 2.89. The van der Waals surface area contributed by atoms with E-state index in [2.05, 4.69) is 6.92 Å². The van der Waals surface area contributed by atoms with E-state index in [-0.39, 0.29) is 17.4 Å². The number of carboxylic acid groups (broad SMARTS) is 1. The summed E-state index contributed by atoms with van der Waals surface area (Å²) >= 11 is 0. The zero-order valence-corrected chi connectivity index (χ0v) is 13.7. The van der Waals surface area contributed by atoms with E-state index in [4.69, 9.17) is 5.11 Å². The van der Waals surface area contributed by atoms with Crippen molar-refractivity contribution < 1.29 is 14.7 Å². The molecule has 24 heavy (non-hydrogen) atoms. The summed E-state index contributed by atoms with van der Waals surface area (Å²) in [6, 6.07) is 14.7. The summed E-state index contributed by atoms with van der Waals surface area (Å²) in [6.45, 7) is 2.47. The fourth-order valence-corrected chi connectivity index (χ4v) is 2.89. The molecule has 2 aromatic carbocycles. The van der Waals surface area contributed by atoms with Gasteiger partial charge in [-0.25, -0.2) is 4.79 Å². The molecule has 1 amide bonds. The van der Waals surface area contributed by atoms with Crippen LogP contribution in [0.25, 0.3) is 0 Å². The monoisotopic (exact) mass is 323 g/mol. The van der Waals surface area contributed by atoms with Gasteiger partial charge in [0.2, 0.25) is 5.91 Å². The maximum Gasteiger partial charge on any atom is 0.335 e. The first-order valence-corrected chi connectivity index (χ1v) is 8.31. The molecular weight excluding hydrogens is 302 g/mol. The fraction of sp³-hybridized carbons (Fsp3) is 0.300. The normalized spacial score (nSPS) is 13.5. The average molecular weight is 323 g/mol. The molecule has 4 heteroatoms. The van der Waals surface area contributed by atoms with Crippen LogP contribution < -0.4 is 4.90 Å². The van der Waals surface area contributed by atoms with Crippen molar-refractivity contribution in [1.82, 2.24) is 0 Å². The van der Waals surface area contributed by atoms with Crippen LogP contribution in [0.5, 0.6) is 0 Å². The molecular formula is C20H21NO3. The van der Waals surface area contributed by atoms with Crippen molar-refractivity contribution >= 4 is 17.6 Å². The molecule has 124 valence electrons. The largest absolute Gasteiger partial charge is 0.478 e. The van der Waals surface area contributed by atoms with Gasteiger partial charge in [-0.05, 0) is 48.6 Å². The standard InChI is InChI=1S/C20H21NO3/c1-2-15-7-3-4-9-18(15)21(19(22)16-10-11-16)13-14-6-5-8-17(12-14)20(23)24/h3-9,12,16H,2,10-11,13H2,1H3,(H,23,24). The van der Waals surface area contributed by atoms with Crippen LogP contribution in [-0.2, 0) is 17.8 Å². The number of hydrogen-bond donors (Lipinski definition) is 1. The number of amides is 1. The second-order valence-electron chi connectivity index (χ2n) is 6.19. The summed E-state index contributed by atoms with van der Waals surface area (Å²) in [7, 11) is 0. The van der Waals surface area contributed by atoms with E-state index in [9.17, 15) is 9.59 Å². The van der Waals surface area contributed by atoms with Crippen LogP contribution in [0.15, 0.2) is 48.5 Å². The van der Waals surface area contributed by atoms with Crippen LogP contribution >= 0.6 is 0 Å². The van der Waals surface area contributed by atoms with Crippen molar-refractivity contribution in [3.05, 3.63) is 65.2 Å². The van der Waals surface area contributed by atoms with Gasteiger partial charge in [-0.15, -0.1) is 0 Å². The Labute approximate surface area is 141 Å². The Kier molecular flexibility index (Phi) is 4.65. The van der Waals surface area contributed by atoms with Gasteiger partial charge >= 0.3 is 5.97 Å². The van der Waals surface area contributed by atoms with Gasteiger partial charge in [0.05, 0.1) is 12.1 Å². The van der Waals surface area contributed by atoms with E-state index in [1.807, 2.05) is 35.2 Å². The zero-order chi connectivity index (χ0) is 17.1. The molecule has 0 bridgehead atoms. The number of benzene rings is 2. The quantitative estimate of drug-likeness (QED) is 0.877. The highest BCUT2D eigenvalue weighted by molar-refractivity contribution is 5.97. The van der Waals surface area contributed by atoms with Crippen molar-refractivity contribution in [3.8, 4) is 0 Å². The first-order chi connectivity index (χ1) is 11.6. The summed E-state index contributed by atoms with van der Waals surface area (Å²) < 4.78 is 0. The molecule has 0 heterocycles. The van der Waals surface area contributed by atoms with Gasteiger partial charge in [-0.2, -0.15) is 0 Å². The molecule has 0 atom stereocenters. The molecule has 0 spiro atoms. The molecule has 3 rings (SSSR count). The van der Waals surface area contributed by atoms with Gasteiger partial charge in [-0.1, -0.05) is 37.3 Å². The van der Waals surface area contributed by atoms with E-state index >= 15 is 0 Å². The summed E-state index contributed by atoms with van der Waals surface area (Å²) in [5.41, 5.74) is 3.13. The van der Waals surface area contributed by atoms with Crippen molar-refractivity contribution in [2.75, 3.05) is 4.90 Å². The van der Waals surface area contributed by atoms with E-state index in [1.165, 1.54) is 0 Å². The Hall–Kier alpha value is -2.62. The lowest BCUT2D eigenvalue weighted by atomic mass is 10.1. The highest BCUT2D eigenvalue weighted by Crippen LogP contribution is 2.34. The van der Waals surface area contributed by atoms with E-state index < -0.39 is 5.97 Å². The Morgan fingerprint density at radius 2 is 1.88 bits per heavy atom. The summed E-state index contributed by atoms with van der Waals surface area (Å²) in [4.78, 5) is 25.8. The molecule has 2 aromatic rings. The number of carbonyl (C=O) groups excluding carboxylic acids is 1. The zero-order valence-electron chi connectivity index (χ0n) is 13.7. The minimum absolute atomic E-state index is 0.109. The number of anilines is 1. The number of carbonyl (C=O) groups is 2. The molecule has 1 fully saturated rings. The predicted octanol–water partition coefficient (Wildman–Crippen LogP) is 3.89. The number of rotatable bonds is 6. The highest BCUT2D eigenvalue weighted by atomic mass is 16.4. The third-order valence-corrected chi connectivity index (χ3v) is 4.37. The third kappa shape index (κ3) is 3.48. The molecule has 1 aliphatic rings. The van der Waals surface area contributed by atoms with Crippen LogP contribution in [0.2, 0.25) is 0 Å². The lowest BCUT2D eigenvalue weighted by molar-refractivity contribution is -0.119. The van der Waals surface area contributed by atoms with Gasteiger partial charge in [0.15, 0.2) is 0 Å². The average Bonchev–Trinajstić information content (AvgIpc) is 3.44. The highest BCUT2D eigenvalue weighted by Gasteiger charge is 2.34. The van der Waals surface area contributed by atoms with Crippen LogP contribution in [0, 0.1) is 5.92 Å². The Morgan fingerprint density at radius 3 is 2.54 bits per heavy atom. The second-order valence-corrected chi connectivity index (χ2v) is 6.19. The van der Waals surface area contributed by atoms with Crippen molar-refractivity contribution in [3.63, 3.8) is 0 Å². The van der Waals surface area contributed by atoms with Crippen molar-refractivity contribution in [2.24, 2.45) is 5.92 Å². The van der Waals surface area contributed by atoms with Crippen molar-refractivity contribution in [1.29, 1.82) is 0 Å². The molecule has 0 radical (unpaired) electrons. The first-order valence-electron chi connectivity index (χ1n) is 8.31. The first kappa shape index (κ1) is 16.2. The topological polar surface area (TPSA) is 57.6 Å². The molecule has 0 aliphatic heterocycles. The van der Waals surface area contributed by atoms with Gasteiger partial charge in [0, 0.05) is 11.6 Å². The van der Waals surface area contributed by atoms with Crippen LogP contribution in [-0.4, -0.2) is 17.0 Å². The lowest BCUT2D eigenvalue weighted by Gasteiger charge is -2.25. The Balaban J connectivity index is 1.95. The number of nitrogens with zero attached hydrogens (tertiary/aromatic N) is 1. The molecule has 0 saturated heterocycles. The maximum atomic E-state index is 12.8. The molecule has 1 aliphatic carbocycles. The van der Waals surface area contributed by atoms with E-state index in [0.29, 0.717) is 6.54 Å². The second kappa shape index (κ2) is 6.87. The summed E-state index contributed by atoms with van der Waals surface area (Å²) in [6.07, 6.45) is 2.73. The van der Waals surface area contributed by atoms with Gasteiger partial charge in [-0.3, -0.25) is 4.79 Å². The maximum absolute atomic E-state index is 12.8. The summed E-state index contributed by atoms with van der Waals surface area (Å²) in [5.74, 6) is -0.708. The number of carboxylic acids is 1. The van der Waals surface area contributed by atoms with Crippen molar-refractivity contribution in [2.45, 2.75) is 32.7 Å². The van der Waals surface area contributed by atoms with E-state index in [0.717, 1.165) is 36.1 Å².